The summed E-state index contributed by atoms with van der Waals surface area (Å²) < 4.78 is 36.4. The summed E-state index contributed by atoms with van der Waals surface area (Å²) in [6, 6.07) is 22.8. The van der Waals surface area contributed by atoms with Gasteiger partial charge < -0.3 is 0 Å². The van der Waals surface area contributed by atoms with Crippen LogP contribution in [-0.4, -0.2) is 14.7 Å². The molecule has 0 N–H and O–H groups in total. The molecule has 25 heavy (non-hydrogen) atoms. The van der Waals surface area contributed by atoms with E-state index in [1.165, 1.54) is 18.4 Å². The molecule has 0 aliphatic rings. The highest BCUT2D eigenvalue weighted by Crippen LogP contribution is 2.26. The molecule has 126 valence electrons. The van der Waals surface area contributed by atoms with Crippen LogP contribution in [0.15, 0.2) is 83.8 Å². The van der Waals surface area contributed by atoms with E-state index in [-0.39, 0.29) is 10.7 Å². The second kappa shape index (κ2) is 7.03. The van der Waals surface area contributed by atoms with E-state index in [4.69, 9.17) is 0 Å². The van der Waals surface area contributed by atoms with E-state index in [9.17, 15) is 12.8 Å². The highest BCUT2D eigenvalue weighted by atomic mass is 32.2. The van der Waals surface area contributed by atoms with Gasteiger partial charge in [0.2, 0.25) is 0 Å². The molecule has 0 bridgehead atoms. The zero-order valence-electron chi connectivity index (χ0n) is 13.7. The SMILES string of the molecule is CS(=O)(=O)c1ccc(/C=C(\c2ccccc2)c2ccc(F)cc2)cc1. The van der Waals surface area contributed by atoms with Gasteiger partial charge in [-0.15, -0.1) is 0 Å². The van der Waals surface area contributed by atoms with Gasteiger partial charge in [-0.05, 0) is 52.6 Å². The summed E-state index contributed by atoms with van der Waals surface area (Å²) in [5.41, 5.74) is 3.70. The van der Waals surface area contributed by atoms with Crippen LogP contribution in [0.5, 0.6) is 0 Å². The van der Waals surface area contributed by atoms with Gasteiger partial charge in [0.25, 0.3) is 0 Å². The first kappa shape index (κ1) is 17.1. The molecule has 0 amide bonds. The Morgan fingerprint density at radius 2 is 1.36 bits per heavy atom. The van der Waals surface area contributed by atoms with Crippen molar-refractivity contribution in [1.29, 1.82) is 0 Å². The minimum absolute atomic E-state index is 0.284. The van der Waals surface area contributed by atoms with Crippen molar-refractivity contribution in [3.05, 3.63) is 101 Å². The monoisotopic (exact) mass is 352 g/mol. The van der Waals surface area contributed by atoms with Gasteiger partial charge in [0.05, 0.1) is 4.90 Å². The van der Waals surface area contributed by atoms with E-state index < -0.39 is 9.84 Å². The highest BCUT2D eigenvalue weighted by molar-refractivity contribution is 7.90. The molecule has 0 unspecified atom stereocenters. The molecule has 0 aromatic heterocycles. The zero-order chi connectivity index (χ0) is 17.9. The lowest BCUT2D eigenvalue weighted by atomic mass is 9.96. The zero-order valence-corrected chi connectivity index (χ0v) is 14.5. The van der Waals surface area contributed by atoms with Crippen molar-refractivity contribution in [2.75, 3.05) is 6.26 Å². The molecule has 0 saturated heterocycles. The van der Waals surface area contributed by atoms with Gasteiger partial charge in [0.1, 0.15) is 5.82 Å². The first-order valence-corrected chi connectivity index (χ1v) is 9.66. The van der Waals surface area contributed by atoms with Crippen molar-refractivity contribution in [3.8, 4) is 0 Å². The summed E-state index contributed by atoms with van der Waals surface area (Å²) in [4.78, 5) is 0.285. The second-order valence-electron chi connectivity index (χ2n) is 5.77. The molecular weight excluding hydrogens is 335 g/mol. The maximum Gasteiger partial charge on any atom is 0.175 e. The Morgan fingerprint density at radius 1 is 0.800 bits per heavy atom. The van der Waals surface area contributed by atoms with Gasteiger partial charge >= 0.3 is 0 Å². The fourth-order valence-electron chi connectivity index (χ4n) is 2.56. The Balaban J connectivity index is 2.08. The Kier molecular flexibility index (Phi) is 4.81. The molecular formula is C21H17FO2S. The van der Waals surface area contributed by atoms with Crippen molar-refractivity contribution in [3.63, 3.8) is 0 Å². The van der Waals surface area contributed by atoms with Crippen molar-refractivity contribution in [2.24, 2.45) is 0 Å². The van der Waals surface area contributed by atoms with Crippen molar-refractivity contribution >= 4 is 21.5 Å². The molecule has 2 nitrogen and oxygen atoms in total. The summed E-state index contributed by atoms with van der Waals surface area (Å²) >= 11 is 0. The van der Waals surface area contributed by atoms with E-state index >= 15 is 0 Å². The minimum Gasteiger partial charge on any atom is -0.224 e. The number of benzene rings is 3. The number of halogens is 1. The minimum atomic E-state index is -3.22. The van der Waals surface area contributed by atoms with Crippen LogP contribution >= 0.6 is 0 Å². The summed E-state index contributed by atoms with van der Waals surface area (Å²) in [6.45, 7) is 0. The largest absolute Gasteiger partial charge is 0.224 e. The van der Waals surface area contributed by atoms with E-state index in [0.717, 1.165) is 22.3 Å². The summed E-state index contributed by atoms with van der Waals surface area (Å²) in [5.74, 6) is -0.284. The molecule has 0 aliphatic heterocycles. The van der Waals surface area contributed by atoms with E-state index in [2.05, 4.69) is 0 Å². The quantitative estimate of drug-likeness (QED) is 0.631. The third-order valence-electron chi connectivity index (χ3n) is 3.86. The summed E-state index contributed by atoms with van der Waals surface area (Å²) in [6.07, 6.45) is 3.15. The standard InChI is InChI=1S/C21H17FO2S/c1-25(23,24)20-13-7-16(8-14-20)15-21(17-5-3-2-4-6-17)18-9-11-19(22)12-10-18/h2-15H,1H3/b21-15+. The van der Waals surface area contributed by atoms with Gasteiger partial charge in [-0.25, -0.2) is 12.8 Å². The Hall–Kier alpha value is -2.72. The van der Waals surface area contributed by atoms with Crippen LogP contribution in [0.1, 0.15) is 16.7 Å². The maximum atomic E-state index is 13.3. The first-order valence-electron chi connectivity index (χ1n) is 7.77. The van der Waals surface area contributed by atoms with Crippen molar-refractivity contribution < 1.29 is 12.8 Å². The molecule has 0 atom stereocenters. The van der Waals surface area contributed by atoms with Gasteiger partial charge in [-0.1, -0.05) is 54.6 Å². The van der Waals surface area contributed by atoms with Crippen LogP contribution in [0.3, 0.4) is 0 Å². The lowest BCUT2D eigenvalue weighted by molar-refractivity contribution is 0.602. The van der Waals surface area contributed by atoms with Crippen LogP contribution in [0.2, 0.25) is 0 Å². The maximum absolute atomic E-state index is 13.3. The molecule has 0 heterocycles. The van der Waals surface area contributed by atoms with E-state index in [1.807, 2.05) is 36.4 Å². The smallest absolute Gasteiger partial charge is 0.175 e. The van der Waals surface area contributed by atoms with E-state index in [1.54, 1.807) is 36.4 Å². The average Bonchev–Trinajstić information content (AvgIpc) is 2.61. The van der Waals surface area contributed by atoms with Crippen molar-refractivity contribution in [2.45, 2.75) is 4.90 Å². The second-order valence-corrected chi connectivity index (χ2v) is 7.79. The molecule has 0 aliphatic carbocycles. The predicted molar refractivity (Wildman–Crippen MR) is 99.4 cm³/mol. The lowest BCUT2D eigenvalue weighted by Crippen LogP contribution is -1.96. The van der Waals surface area contributed by atoms with Crippen molar-refractivity contribution in [1.82, 2.24) is 0 Å². The number of hydrogen-bond donors (Lipinski definition) is 0. The summed E-state index contributed by atoms with van der Waals surface area (Å²) in [7, 11) is -3.22. The van der Waals surface area contributed by atoms with Gasteiger partial charge in [-0.3, -0.25) is 0 Å². The van der Waals surface area contributed by atoms with E-state index in [0.29, 0.717) is 0 Å². The first-order chi connectivity index (χ1) is 11.9. The Bertz CT molecular complexity index is 988. The molecule has 4 heteroatoms. The molecule has 0 spiro atoms. The lowest BCUT2D eigenvalue weighted by Gasteiger charge is -2.09. The topological polar surface area (TPSA) is 34.1 Å². The molecule has 0 fully saturated rings. The molecule has 3 rings (SSSR count). The van der Waals surface area contributed by atoms with Crippen LogP contribution < -0.4 is 0 Å². The summed E-state index contributed by atoms with van der Waals surface area (Å²) in [5, 5.41) is 0. The number of hydrogen-bond acceptors (Lipinski definition) is 2. The van der Waals surface area contributed by atoms with Crippen LogP contribution in [0.4, 0.5) is 4.39 Å². The Morgan fingerprint density at radius 3 is 1.92 bits per heavy atom. The molecule has 3 aromatic rings. The number of rotatable bonds is 4. The normalized spacial score (nSPS) is 12.2. The highest BCUT2D eigenvalue weighted by Gasteiger charge is 2.08. The molecule has 3 aromatic carbocycles. The Labute approximate surface area is 147 Å². The van der Waals surface area contributed by atoms with Crippen LogP contribution in [-0.2, 0) is 9.84 Å². The number of sulfone groups is 1. The van der Waals surface area contributed by atoms with Crippen LogP contribution in [0, 0.1) is 5.82 Å². The molecule has 0 saturated carbocycles. The third kappa shape index (κ3) is 4.22. The van der Waals surface area contributed by atoms with Crippen LogP contribution in [0.25, 0.3) is 11.6 Å². The van der Waals surface area contributed by atoms with Gasteiger partial charge in [-0.2, -0.15) is 0 Å². The molecule has 0 radical (unpaired) electrons. The van der Waals surface area contributed by atoms with Gasteiger partial charge in [0, 0.05) is 6.26 Å². The fraction of sp³-hybridized carbons (Fsp3) is 0.0476. The average molecular weight is 352 g/mol. The fourth-order valence-corrected chi connectivity index (χ4v) is 3.19. The predicted octanol–water partition coefficient (Wildman–Crippen LogP) is 4.82. The van der Waals surface area contributed by atoms with Gasteiger partial charge in [0.15, 0.2) is 9.84 Å². The third-order valence-corrected chi connectivity index (χ3v) is 4.99.